The van der Waals surface area contributed by atoms with Crippen LogP contribution in [0, 0.1) is 0 Å². The van der Waals surface area contributed by atoms with Crippen LogP contribution in [-0.2, 0) is 6.54 Å². The average Bonchev–Trinajstić information content (AvgIpc) is 3.17. The van der Waals surface area contributed by atoms with Crippen molar-refractivity contribution in [2.24, 2.45) is 0 Å². The molecular weight excluding hydrogens is 316 g/mol. The van der Waals surface area contributed by atoms with Crippen LogP contribution in [0.5, 0.6) is 5.75 Å². The summed E-state index contributed by atoms with van der Waals surface area (Å²) in [4.78, 5) is 0. The molecule has 2 aliphatic carbocycles. The number of nitrogens with zero attached hydrogens (tertiary/aromatic N) is 6. The Morgan fingerprint density at radius 1 is 0.960 bits per heavy atom. The molecule has 0 saturated heterocycles. The van der Waals surface area contributed by atoms with Gasteiger partial charge in [-0.05, 0) is 56.4 Å². The molecule has 5 rings (SSSR count). The standard InChI is InChI=1S/C18H20N6O/c1-2-16(3-1)25-17-8-4-13(5-9-17)18-12-23(21-20-18)10-14-11-24(22-19-14)15-6-7-15/h4-5,8-9,11-12,15-16H,1-3,6-7,10H2. The fraction of sp³-hybridized carbons (Fsp3) is 0.444. The first-order chi connectivity index (χ1) is 12.3. The monoisotopic (exact) mass is 336 g/mol. The molecule has 2 saturated carbocycles. The van der Waals surface area contributed by atoms with E-state index in [0.29, 0.717) is 18.7 Å². The van der Waals surface area contributed by atoms with Gasteiger partial charge >= 0.3 is 0 Å². The minimum atomic E-state index is 0.399. The lowest BCUT2D eigenvalue weighted by Crippen LogP contribution is -2.24. The molecule has 2 heterocycles. The molecule has 0 radical (unpaired) electrons. The van der Waals surface area contributed by atoms with E-state index in [9.17, 15) is 0 Å². The molecule has 0 bridgehead atoms. The van der Waals surface area contributed by atoms with E-state index < -0.39 is 0 Å². The first kappa shape index (κ1) is 14.6. The van der Waals surface area contributed by atoms with Gasteiger partial charge in [0.1, 0.15) is 17.1 Å². The van der Waals surface area contributed by atoms with Gasteiger partial charge in [-0.1, -0.05) is 10.4 Å². The van der Waals surface area contributed by atoms with Gasteiger partial charge in [0.05, 0.1) is 31.1 Å². The molecule has 0 N–H and O–H groups in total. The van der Waals surface area contributed by atoms with Crippen LogP contribution in [0.1, 0.15) is 43.8 Å². The highest BCUT2D eigenvalue weighted by molar-refractivity contribution is 5.58. The first-order valence-corrected chi connectivity index (χ1v) is 8.91. The van der Waals surface area contributed by atoms with Crippen molar-refractivity contribution in [2.45, 2.75) is 50.8 Å². The van der Waals surface area contributed by atoms with Gasteiger partial charge in [0.2, 0.25) is 0 Å². The molecule has 2 aliphatic rings. The van der Waals surface area contributed by atoms with Crippen molar-refractivity contribution >= 4 is 0 Å². The fourth-order valence-electron chi connectivity index (χ4n) is 2.96. The van der Waals surface area contributed by atoms with Crippen LogP contribution < -0.4 is 4.74 Å². The van der Waals surface area contributed by atoms with Crippen molar-refractivity contribution in [3.8, 4) is 17.0 Å². The molecule has 1 aromatic carbocycles. The Morgan fingerprint density at radius 2 is 1.80 bits per heavy atom. The van der Waals surface area contributed by atoms with E-state index in [2.05, 4.69) is 20.6 Å². The topological polar surface area (TPSA) is 70.7 Å². The second-order valence-corrected chi connectivity index (χ2v) is 6.92. The lowest BCUT2D eigenvalue weighted by Gasteiger charge is -2.26. The van der Waals surface area contributed by atoms with Gasteiger partial charge in [0, 0.05) is 5.56 Å². The van der Waals surface area contributed by atoms with Crippen molar-refractivity contribution in [1.82, 2.24) is 30.0 Å². The van der Waals surface area contributed by atoms with Gasteiger partial charge < -0.3 is 4.74 Å². The molecule has 128 valence electrons. The smallest absolute Gasteiger partial charge is 0.119 e. The summed E-state index contributed by atoms with van der Waals surface area (Å²) < 4.78 is 9.65. The van der Waals surface area contributed by atoms with Crippen LogP contribution in [0.2, 0.25) is 0 Å². The van der Waals surface area contributed by atoms with E-state index in [1.165, 1.54) is 32.1 Å². The number of benzene rings is 1. The van der Waals surface area contributed by atoms with Crippen molar-refractivity contribution in [3.05, 3.63) is 42.4 Å². The zero-order chi connectivity index (χ0) is 16.6. The average molecular weight is 336 g/mol. The summed E-state index contributed by atoms with van der Waals surface area (Å²) in [5.41, 5.74) is 2.80. The Balaban J connectivity index is 1.26. The Morgan fingerprint density at radius 3 is 2.52 bits per heavy atom. The Labute approximate surface area is 145 Å². The molecule has 25 heavy (non-hydrogen) atoms. The Bertz CT molecular complexity index is 860. The molecule has 0 aliphatic heterocycles. The Kier molecular flexibility index (Phi) is 3.50. The normalized spacial score (nSPS) is 17.4. The van der Waals surface area contributed by atoms with Gasteiger partial charge in [-0.2, -0.15) is 0 Å². The van der Waals surface area contributed by atoms with Crippen molar-refractivity contribution < 1.29 is 4.74 Å². The third kappa shape index (κ3) is 3.14. The van der Waals surface area contributed by atoms with Gasteiger partial charge in [0.15, 0.2) is 0 Å². The number of rotatable bonds is 6. The second-order valence-electron chi connectivity index (χ2n) is 6.92. The summed E-state index contributed by atoms with van der Waals surface area (Å²) in [6, 6.07) is 8.63. The van der Waals surface area contributed by atoms with Crippen LogP contribution >= 0.6 is 0 Å². The zero-order valence-corrected chi connectivity index (χ0v) is 14.0. The van der Waals surface area contributed by atoms with E-state index in [1.54, 1.807) is 4.68 Å². The molecule has 0 unspecified atom stereocenters. The maximum Gasteiger partial charge on any atom is 0.119 e. The van der Waals surface area contributed by atoms with Crippen LogP contribution in [0.3, 0.4) is 0 Å². The number of aromatic nitrogens is 6. The molecule has 3 aromatic rings. The minimum Gasteiger partial charge on any atom is -0.490 e. The van der Waals surface area contributed by atoms with E-state index in [-0.39, 0.29) is 0 Å². The van der Waals surface area contributed by atoms with Crippen LogP contribution in [0.25, 0.3) is 11.3 Å². The largest absolute Gasteiger partial charge is 0.490 e. The van der Waals surface area contributed by atoms with E-state index in [0.717, 1.165) is 22.7 Å². The second kappa shape index (κ2) is 5.98. The number of hydrogen-bond donors (Lipinski definition) is 0. The highest BCUT2D eigenvalue weighted by atomic mass is 16.5. The van der Waals surface area contributed by atoms with Gasteiger partial charge in [-0.25, -0.2) is 9.36 Å². The third-order valence-electron chi connectivity index (χ3n) is 4.85. The maximum atomic E-state index is 5.89. The molecule has 0 amide bonds. The summed E-state index contributed by atoms with van der Waals surface area (Å²) in [7, 11) is 0. The Hall–Kier alpha value is -2.70. The highest BCUT2D eigenvalue weighted by Crippen LogP contribution is 2.33. The number of ether oxygens (including phenoxy) is 1. The zero-order valence-electron chi connectivity index (χ0n) is 14.0. The van der Waals surface area contributed by atoms with Crippen molar-refractivity contribution in [2.75, 3.05) is 0 Å². The van der Waals surface area contributed by atoms with E-state index in [1.807, 2.05) is 41.3 Å². The maximum absolute atomic E-state index is 5.89. The molecule has 0 spiro atoms. The molecule has 2 fully saturated rings. The van der Waals surface area contributed by atoms with Gasteiger partial charge in [-0.3, -0.25) is 0 Å². The van der Waals surface area contributed by atoms with Gasteiger partial charge in [0.25, 0.3) is 0 Å². The molecule has 7 nitrogen and oxygen atoms in total. The predicted octanol–water partition coefficient (Wildman–Crippen LogP) is 2.85. The van der Waals surface area contributed by atoms with Crippen molar-refractivity contribution in [3.63, 3.8) is 0 Å². The quantitative estimate of drug-likeness (QED) is 0.692. The minimum absolute atomic E-state index is 0.399. The van der Waals surface area contributed by atoms with Crippen LogP contribution in [0.15, 0.2) is 36.7 Å². The molecule has 2 aromatic heterocycles. The first-order valence-electron chi connectivity index (χ1n) is 8.91. The number of hydrogen-bond acceptors (Lipinski definition) is 5. The van der Waals surface area contributed by atoms with Crippen molar-refractivity contribution in [1.29, 1.82) is 0 Å². The summed E-state index contributed by atoms with van der Waals surface area (Å²) in [6.07, 6.45) is 10.4. The summed E-state index contributed by atoms with van der Waals surface area (Å²) in [6.45, 7) is 0.586. The lowest BCUT2D eigenvalue weighted by atomic mass is 9.96. The molecular formula is C18H20N6O. The lowest BCUT2D eigenvalue weighted by molar-refractivity contribution is 0.120. The fourth-order valence-corrected chi connectivity index (χ4v) is 2.96. The molecule has 0 atom stereocenters. The van der Waals surface area contributed by atoms with Crippen LogP contribution in [0.4, 0.5) is 0 Å². The predicted molar refractivity (Wildman–Crippen MR) is 91.1 cm³/mol. The highest BCUT2D eigenvalue weighted by Gasteiger charge is 2.24. The third-order valence-corrected chi connectivity index (χ3v) is 4.85. The van der Waals surface area contributed by atoms with E-state index >= 15 is 0 Å². The summed E-state index contributed by atoms with van der Waals surface area (Å²) in [5, 5.41) is 16.9. The van der Waals surface area contributed by atoms with Gasteiger partial charge in [-0.15, -0.1) is 10.2 Å². The van der Waals surface area contributed by atoms with E-state index in [4.69, 9.17) is 4.74 Å². The molecule has 7 heteroatoms. The summed E-state index contributed by atoms with van der Waals surface area (Å²) in [5.74, 6) is 0.928. The summed E-state index contributed by atoms with van der Waals surface area (Å²) >= 11 is 0. The SMILES string of the molecule is c1cc(-c2cn(Cc3cn(C4CC4)nn3)nn2)ccc1OC1CCC1. The van der Waals surface area contributed by atoms with Crippen LogP contribution in [-0.4, -0.2) is 36.1 Å².